The number of hydrogen-bond donors (Lipinski definition) is 2. The van der Waals surface area contributed by atoms with Gasteiger partial charge in [-0.15, -0.1) is 0 Å². The zero-order valence-electron chi connectivity index (χ0n) is 14.7. The maximum atomic E-state index is 9.44. The minimum atomic E-state index is 0.112. The highest BCUT2D eigenvalue weighted by atomic mass is 16.3. The number of nitrogens with zero attached hydrogens (tertiary/aromatic N) is 2. The lowest BCUT2D eigenvalue weighted by Crippen LogP contribution is -2.04. The van der Waals surface area contributed by atoms with Gasteiger partial charge in [0.25, 0.3) is 0 Å². The van der Waals surface area contributed by atoms with Gasteiger partial charge in [-0.3, -0.25) is 4.99 Å². The Morgan fingerprint density at radius 2 is 2.12 bits per heavy atom. The van der Waals surface area contributed by atoms with Gasteiger partial charge in [-0.2, -0.15) is 0 Å². The van der Waals surface area contributed by atoms with Crippen molar-refractivity contribution in [2.75, 3.05) is 5.32 Å². The van der Waals surface area contributed by atoms with E-state index in [1.165, 1.54) is 6.21 Å². The molecule has 2 N–H and O–H groups in total. The Bertz CT molecular complexity index is 835. The van der Waals surface area contributed by atoms with Crippen molar-refractivity contribution in [3.05, 3.63) is 83.8 Å². The highest BCUT2D eigenvalue weighted by Crippen LogP contribution is 2.18. The molecule has 2 rings (SSSR count). The molecule has 1 heterocycles. The van der Waals surface area contributed by atoms with Crippen LogP contribution >= 0.6 is 0 Å². The van der Waals surface area contributed by atoms with Gasteiger partial charge in [0.2, 0.25) is 0 Å². The van der Waals surface area contributed by atoms with Crippen molar-refractivity contribution < 1.29 is 5.11 Å². The van der Waals surface area contributed by atoms with Gasteiger partial charge in [0.1, 0.15) is 11.6 Å². The molecule has 1 aromatic heterocycles. The van der Waals surface area contributed by atoms with E-state index in [0.717, 1.165) is 28.2 Å². The lowest BCUT2D eigenvalue weighted by Gasteiger charge is -2.10. The molecule has 0 aliphatic carbocycles. The van der Waals surface area contributed by atoms with Gasteiger partial charge in [-0.25, -0.2) is 4.98 Å². The molecular formula is C21H23N3O. The minimum absolute atomic E-state index is 0.112. The van der Waals surface area contributed by atoms with Crippen LogP contribution in [0, 0.1) is 6.92 Å². The fraction of sp³-hybridized carbons (Fsp3) is 0.143. The Labute approximate surface area is 149 Å². The molecule has 25 heavy (non-hydrogen) atoms. The van der Waals surface area contributed by atoms with Crippen LogP contribution in [0.25, 0.3) is 11.8 Å². The summed E-state index contributed by atoms with van der Waals surface area (Å²) in [7, 11) is 0. The molecule has 4 nitrogen and oxygen atoms in total. The second-order valence-electron chi connectivity index (χ2n) is 5.57. The van der Waals surface area contributed by atoms with E-state index in [0.29, 0.717) is 12.2 Å². The fourth-order valence-electron chi connectivity index (χ4n) is 2.21. The standard InChI is InChI=1S/C21H23N3O/c1-5-18-11-10-15(3)24-21(18)23-13-17-8-7-9-19(12-17)16(4)22-14-20(25)6-2/h5-12,14,25H,1,4,13H2,2-3H3,(H,23,24)/b20-6+,22-14?. The number of benzene rings is 1. The lowest BCUT2D eigenvalue weighted by atomic mass is 10.1. The molecule has 0 amide bonds. The third-order valence-corrected chi connectivity index (χ3v) is 3.65. The van der Waals surface area contributed by atoms with Crippen molar-refractivity contribution in [1.82, 2.24) is 4.98 Å². The Kier molecular flexibility index (Phi) is 6.29. The third-order valence-electron chi connectivity index (χ3n) is 3.65. The summed E-state index contributed by atoms with van der Waals surface area (Å²) < 4.78 is 0. The molecule has 0 aliphatic rings. The molecule has 0 saturated carbocycles. The first-order chi connectivity index (χ1) is 12.0. The predicted molar refractivity (Wildman–Crippen MR) is 107 cm³/mol. The molecule has 0 atom stereocenters. The molecule has 1 aromatic carbocycles. The van der Waals surface area contributed by atoms with Crippen LogP contribution in [-0.4, -0.2) is 16.3 Å². The van der Waals surface area contributed by atoms with Crippen molar-refractivity contribution in [1.29, 1.82) is 0 Å². The summed E-state index contributed by atoms with van der Waals surface area (Å²) in [6, 6.07) is 11.9. The number of allylic oxidation sites excluding steroid dienone is 2. The Morgan fingerprint density at radius 3 is 2.84 bits per heavy atom. The van der Waals surface area contributed by atoms with Crippen molar-refractivity contribution >= 4 is 23.8 Å². The monoisotopic (exact) mass is 333 g/mol. The van der Waals surface area contributed by atoms with Gasteiger partial charge in [0.15, 0.2) is 0 Å². The summed E-state index contributed by atoms with van der Waals surface area (Å²) in [5.41, 5.74) is 4.50. The molecule has 0 fully saturated rings. The summed E-state index contributed by atoms with van der Waals surface area (Å²) in [6.07, 6.45) is 4.75. The average molecular weight is 333 g/mol. The van der Waals surface area contributed by atoms with E-state index in [-0.39, 0.29) is 5.76 Å². The third kappa shape index (κ3) is 5.18. The highest BCUT2D eigenvalue weighted by molar-refractivity contribution is 5.82. The quantitative estimate of drug-likeness (QED) is 0.544. The van der Waals surface area contributed by atoms with Crippen LogP contribution in [0.3, 0.4) is 0 Å². The molecular weight excluding hydrogens is 310 g/mol. The van der Waals surface area contributed by atoms with Crippen LogP contribution in [0.5, 0.6) is 0 Å². The Morgan fingerprint density at radius 1 is 1.32 bits per heavy atom. The second-order valence-corrected chi connectivity index (χ2v) is 5.57. The van der Waals surface area contributed by atoms with Crippen molar-refractivity contribution in [3.63, 3.8) is 0 Å². The number of rotatable bonds is 7. The lowest BCUT2D eigenvalue weighted by molar-refractivity contribution is 0.445. The fourth-order valence-corrected chi connectivity index (χ4v) is 2.21. The molecule has 4 heteroatoms. The van der Waals surface area contributed by atoms with E-state index < -0.39 is 0 Å². The van der Waals surface area contributed by atoms with Crippen LogP contribution in [0.15, 0.2) is 66.4 Å². The summed E-state index contributed by atoms with van der Waals surface area (Å²) in [5, 5.41) is 12.8. The Hall–Kier alpha value is -3.14. The van der Waals surface area contributed by atoms with Gasteiger partial charge in [0, 0.05) is 17.8 Å². The van der Waals surface area contributed by atoms with Gasteiger partial charge >= 0.3 is 0 Å². The smallest absolute Gasteiger partial charge is 0.133 e. The molecule has 0 aliphatic heterocycles. The summed E-state index contributed by atoms with van der Waals surface area (Å²) in [4.78, 5) is 8.70. The van der Waals surface area contributed by atoms with Crippen LogP contribution in [0.1, 0.15) is 29.3 Å². The number of aliphatic hydroxyl groups excluding tert-OH is 1. The van der Waals surface area contributed by atoms with Gasteiger partial charge in [-0.05, 0) is 49.2 Å². The number of anilines is 1. The molecule has 0 bridgehead atoms. The van der Waals surface area contributed by atoms with E-state index >= 15 is 0 Å². The largest absolute Gasteiger partial charge is 0.507 e. The summed E-state index contributed by atoms with van der Waals surface area (Å²) in [5.74, 6) is 0.928. The van der Waals surface area contributed by atoms with Crippen LogP contribution in [0.4, 0.5) is 5.82 Å². The SMILES string of the molecule is C=Cc1ccc(C)nc1NCc1cccc(C(=C)N=C/C(O)=C\C)c1. The zero-order valence-corrected chi connectivity index (χ0v) is 14.7. The Balaban J connectivity index is 2.12. The molecule has 128 valence electrons. The topological polar surface area (TPSA) is 57.5 Å². The molecule has 2 aromatic rings. The van der Waals surface area contributed by atoms with Crippen molar-refractivity contribution in [2.24, 2.45) is 4.99 Å². The minimum Gasteiger partial charge on any atom is -0.507 e. The van der Waals surface area contributed by atoms with E-state index in [4.69, 9.17) is 0 Å². The number of aryl methyl sites for hydroxylation is 1. The van der Waals surface area contributed by atoms with E-state index in [2.05, 4.69) is 28.5 Å². The zero-order chi connectivity index (χ0) is 18.2. The first kappa shape index (κ1) is 18.2. The second kappa shape index (κ2) is 8.64. The maximum Gasteiger partial charge on any atom is 0.133 e. The number of pyridine rings is 1. The first-order valence-corrected chi connectivity index (χ1v) is 8.05. The summed E-state index contributed by atoms with van der Waals surface area (Å²) >= 11 is 0. The van der Waals surface area contributed by atoms with E-state index in [1.54, 1.807) is 19.1 Å². The summed E-state index contributed by atoms with van der Waals surface area (Å²) in [6.45, 7) is 12.1. The van der Waals surface area contributed by atoms with Crippen LogP contribution < -0.4 is 5.32 Å². The normalized spacial score (nSPS) is 11.5. The molecule has 0 spiro atoms. The van der Waals surface area contributed by atoms with Crippen LogP contribution in [0.2, 0.25) is 0 Å². The molecule has 0 saturated heterocycles. The molecule has 0 unspecified atom stereocenters. The number of aliphatic imine (C=N–C) groups is 1. The van der Waals surface area contributed by atoms with E-state index in [1.807, 2.05) is 43.3 Å². The van der Waals surface area contributed by atoms with Gasteiger partial charge < -0.3 is 10.4 Å². The number of nitrogens with one attached hydrogen (secondary N) is 1. The number of hydrogen-bond acceptors (Lipinski definition) is 4. The van der Waals surface area contributed by atoms with Crippen molar-refractivity contribution in [3.8, 4) is 0 Å². The highest BCUT2D eigenvalue weighted by Gasteiger charge is 2.03. The maximum absolute atomic E-state index is 9.44. The first-order valence-electron chi connectivity index (χ1n) is 8.05. The average Bonchev–Trinajstić information content (AvgIpc) is 2.64. The van der Waals surface area contributed by atoms with E-state index in [9.17, 15) is 5.11 Å². The van der Waals surface area contributed by atoms with Crippen LogP contribution in [-0.2, 0) is 6.54 Å². The number of aliphatic hydroxyl groups is 1. The van der Waals surface area contributed by atoms with Gasteiger partial charge in [-0.1, -0.05) is 37.4 Å². The van der Waals surface area contributed by atoms with Crippen molar-refractivity contribution in [2.45, 2.75) is 20.4 Å². The molecule has 0 radical (unpaired) electrons. The predicted octanol–water partition coefficient (Wildman–Crippen LogP) is 5.15. The number of aromatic nitrogens is 1. The van der Waals surface area contributed by atoms with Gasteiger partial charge in [0.05, 0.1) is 11.9 Å².